The Labute approximate surface area is 107 Å². The summed E-state index contributed by atoms with van der Waals surface area (Å²) in [5.41, 5.74) is 2.56. The van der Waals surface area contributed by atoms with Gasteiger partial charge in [0.25, 0.3) is 0 Å². The molecule has 0 aliphatic rings. The number of rotatable bonds is 3. The van der Waals surface area contributed by atoms with Crippen molar-refractivity contribution in [1.29, 1.82) is 5.26 Å². The highest BCUT2D eigenvalue weighted by Gasteiger charge is 2.08. The molecule has 1 aromatic heterocycles. The lowest BCUT2D eigenvalue weighted by Crippen LogP contribution is -2.01. The van der Waals surface area contributed by atoms with E-state index in [4.69, 9.17) is 5.26 Å². The maximum Gasteiger partial charge on any atom is 0.133 e. The average Bonchev–Trinajstić information content (AvgIpc) is 2.40. The first-order valence-electron chi connectivity index (χ1n) is 5.93. The summed E-state index contributed by atoms with van der Waals surface area (Å²) in [6, 6.07) is 13.6. The van der Waals surface area contributed by atoms with Crippen molar-refractivity contribution in [3.8, 4) is 6.07 Å². The third kappa shape index (κ3) is 2.49. The predicted molar refractivity (Wildman–Crippen MR) is 72.8 cm³/mol. The van der Waals surface area contributed by atoms with Crippen molar-refractivity contribution in [2.24, 2.45) is 0 Å². The maximum atomic E-state index is 9.06. The lowest BCUT2D eigenvalue weighted by Gasteiger charge is -2.13. The second kappa shape index (κ2) is 5.33. The number of nitrogens with zero attached hydrogens (tertiary/aromatic N) is 2. The number of hydrogen-bond donors (Lipinski definition) is 1. The number of aromatic nitrogens is 1. The van der Waals surface area contributed by atoms with Gasteiger partial charge in [-0.05, 0) is 29.7 Å². The van der Waals surface area contributed by atoms with Crippen LogP contribution in [-0.4, -0.2) is 4.98 Å². The average molecular weight is 237 g/mol. The van der Waals surface area contributed by atoms with Gasteiger partial charge in [0.1, 0.15) is 11.9 Å². The monoisotopic (exact) mass is 237 g/mol. The molecule has 1 N–H and O–H groups in total. The molecule has 0 unspecified atom stereocenters. The highest BCUT2D eigenvalue weighted by Crippen LogP contribution is 2.26. The lowest BCUT2D eigenvalue weighted by atomic mass is 10.0. The van der Waals surface area contributed by atoms with Crippen LogP contribution in [0.25, 0.3) is 0 Å². The molecule has 18 heavy (non-hydrogen) atoms. The van der Waals surface area contributed by atoms with Crippen molar-refractivity contribution in [2.75, 3.05) is 5.32 Å². The summed E-state index contributed by atoms with van der Waals surface area (Å²) in [4.78, 5) is 4.35. The van der Waals surface area contributed by atoms with Crippen LogP contribution < -0.4 is 5.32 Å². The number of anilines is 2. The molecular formula is C15H15N3. The summed E-state index contributed by atoms with van der Waals surface area (Å²) in [6.45, 7) is 4.25. The number of nitrogens with one attached hydrogen (secondary N) is 1. The van der Waals surface area contributed by atoms with E-state index in [2.05, 4.69) is 36.3 Å². The van der Waals surface area contributed by atoms with Crippen molar-refractivity contribution in [3.05, 3.63) is 53.7 Å². The van der Waals surface area contributed by atoms with Crippen molar-refractivity contribution >= 4 is 11.5 Å². The maximum absolute atomic E-state index is 9.06. The van der Waals surface area contributed by atoms with Crippen LogP contribution in [-0.2, 0) is 0 Å². The summed E-state index contributed by atoms with van der Waals surface area (Å²) >= 11 is 0. The number of benzene rings is 1. The number of para-hydroxylation sites is 1. The standard InChI is InChI=1S/C15H15N3/c1-11(2)13-7-5-9-17-15(13)18-14-8-4-3-6-12(14)10-16/h3-9,11H,1-2H3,(H,17,18). The lowest BCUT2D eigenvalue weighted by molar-refractivity contribution is 0.861. The van der Waals surface area contributed by atoms with Gasteiger partial charge in [0.15, 0.2) is 0 Å². The van der Waals surface area contributed by atoms with E-state index in [0.29, 0.717) is 11.5 Å². The first-order valence-corrected chi connectivity index (χ1v) is 5.93. The van der Waals surface area contributed by atoms with Crippen LogP contribution in [0.2, 0.25) is 0 Å². The molecule has 0 radical (unpaired) electrons. The Balaban J connectivity index is 2.38. The highest BCUT2D eigenvalue weighted by atomic mass is 15.0. The minimum Gasteiger partial charge on any atom is -0.339 e. The molecule has 90 valence electrons. The third-order valence-corrected chi connectivity index (χ3v) is 2.76. The summed E-state index contributed by atoms with van der Waals surface area (Å²) < 4.78 is 0. The molecule has 0 fully saturated rings. The zero-order valence-corrected chi connectivity index (χ0v) is 10.5. The zero-order valence-electron chi connectivity index (χ0n) is 10.5. The predicted octanol–water partition coefficient (Wildman–Crippen LogP) is 3.82. The van der Waals surface area contributed by atoms with Crippen LogP contribution in [0, 0.1) is 11.3 Å². The quantitative estimate of drug-likeness (QED) is 0.882. The molecule has 0 aliphatic heterocycles. The largest absolute Gasteiger partial charge is 0.339 e. The van der Waals surface area contributed by atoms with Gasteiger partial charge in [-0.2, -0.15) is 5.26 Å². The molecular weight excluding hydrogens is 222 g/mol. The Kier molecular flexibility index (Phi) is 3.59. The van der Waals surface area contributed by atoms with Gasteiger partial charge in [0.2, 0.25) is 0 Å². The number of pyridine rings is 1. The van der Waals surface area contributed by atoms with Crippen molar-refractivity contribution < 1.29 is 0 Å². The molecule has 3 nitrogen and oxygen atoms in total. The molecule has 0 saturated heterocycles. The van der Waals surface area contributed by atoms with Gasteiger partial charge in [-0.3, -0.25) is 0 Å². The van der Waals surface area contributed by atoms with E-state index < -0.39 is 0 Å². The van der Waals surface area contributed by atoms with Crippen molar-refractivity contribution in [3.63, 3.8) is 0 Å². The molecule has 0 atom stereocenters. The minimum absolute atomic E-state index is 0.385. The van der Waals surface area contributed by atoms with E-state index in [-0.39, 0.29) is 0 Å². The minimum atomic E-state index is 0.385. The molecule has 3 heteroatoms. The van der Waals surface area contributed by atoms with E-state index in [1.165, 1.54) is 0 Å². The Bertz CT molecular complexity index is 582. The van der Waals surface area contributed by atoms with E-state index in [1.54, 1.807) is 12.3 Å². The van der Waals surface area contributed by atoms with Crippen LogP contribution in [0.4, 0.5) is 11.5 Å². The van der Waals surface area contributed by atoms with Crippen LogP contribution in [0.1, 0.15) is 30.9 Å². The molecule has 2 aromatic rings. The fourth-order valence-corrected chi connectivity index (χ4v) is 1.81. The first kappa shape index (κ1) is 12.1. The fourth-order valence-electron chi connectivity index (χ4n) is 1.81. The molecule has 2 rings (SSSR count). The summed E-state index contributed by atoms with van der Waals surface area (Å²) in [5, 5.41) is 12.3. The van der Waals surface area contributed by atoms with Crippen molar-refractivity contribution in [2.45, 2.75) is 19.8 Å². The van der Waals surface area contributed by atoms with Gasteiger partial charge in [0, 0.05) is 6.20 Å². The van der Waals surface area contributed by atoms with E-state index in [0.717, 1.165) is 17.1 Å². The highest BCUT2D eigenvalue weighted by molar-refractivity contribution is 5.66. The Morgan fingerprint density at radius 2 is 1.94 bits per heavy atom. The second-order valence-corrected chi connectivity index (χ2v) is 4.38. The molecule has 1 heterocycles. The zero-order chi connectivity index (χ0) is 13.0. The number of nitriles is 1. The van der Waals surface area contributed by atoms with E-state index in [1.807, 2.05) is 24.3 Å². The SMILES string of the molecule is CC(C)c1cccnc1Nc1ccccc1C#N. The molecule has 0 amide bonds. The number of hydrogen-bond acceptors (Lipinski definition) is 3. The van der Waals surface area contributed by atoms with E-state index >= 15 is 0 Å². The second-order valence-electron chi connectivity index (χ2n) is 4.38. The summed E-state index contributed by atoms with van der Waals surface area (Å²) in [6.07, 6.45) is 1.75. The summed E-state index contributed by atoms with van der Waals surface area (Å²) in [7, 11) is 0. The molecule has 0 saturated carbocycles. The summed E-state index contributed by atoms with van der Waals surface area (Å²) in [5.74, 6) is 1.20. The molecule has 0 bridgehead atoms. The fraction of sp³-hybridized carbons (Fsp3) is 0.200. The normalized spacial score (nSPS) is 10.1. The van der Waals surface area contributed by atoms with Gasteiger partial charge in [-0.1, -0.05) is 32.0 Å². The Hall–Kier alpha value is -2.34. The topological polar surface area (TPSA) is 48.7 Å². The van der Waals surface area contributed by atoms with Gasteiger partial charge < -0.3 is 5.32 Å². The first-order chi connectivity index (χ1) is 8.72. The van der Waals surface area contributed by atoms with Crippen LogP contribution >= 0.6 is 0 Å². The molecule has 0 spiro atoms. The smallest absolute Gasteiger partial charge is 0.133 e. The van der Waals surface area contributed by atoms with Crippen LogP contribution in [0.15, 0.2) is 42.6 Å². The van der Waals surface area contributed by atoms with Gasteiger partial charge in [-0.15, -0.1) is 0 Å². The van der Waals surface area contributed by atoms with Gasteiger partial charge in [0.05, 0.1) is 11.3 Å². The van der Waals surface area contributed by atoms with Crippen LogP contribution in [0.3, 0.4) is 0 Å². The molecule has 0 aliphatic carbocycles. The van der Waals surface area contributed by atoms with Gasteiger partial charge >= 0.3 is 0 Å². The Morgan fingerprint density at radius 3 is 2.67 bits per heavy atom. The molecule has 1 aromatic carbocycles. The Morgan fingerprint density at radius 1 is 1.17 bits per heavy atom. The third-order valence-electron chi connectivity index (χ3n) is 2.76. The van der Waals surface area contributed by atoms with E-state index in [9.17, 15) is 0 Å². The van der Waals surface area contributed by atoms with Gasteiger partial charge in [-0.25, -0.2) is 4.98 Å². The van der Waals surface area contributed by atoms with Crippen molar-refractivity contribution in [1.82, 2.24) is 4.98 Å². The van der Waals surface area contributed by atoms with Crippen LogP contribution in [0.5, 0.6) is 0 Å².